The predicted octanol–water partition coefficient (Wildman–Crippen LogP) is -0.903. The third-order valence-electron chi connectivity index (χ3n) is 1.30. The Kier molecular flexibility index (Phi) is 7.80. The highest BCUT2D eigenvalue weighted by Crippen LogP contribution is 2.13. The lowest BCUT2D eigenvalue weighted by Gasteiger charge is -2.10. The molecule has 0 aliphatic rings. The van der Waals surface area contributed by atoms with Gasteiger partial charge in [-0.25, -0.2) is 9.59 Å². The second-order valence-electron chi connectivity index (χ2n) is 3.14. The highest BCUT2D eigenvalue weighted by atomic mass is 32.2. The van der Waals surface area contributed by atoms with Crippen LogP contribution in [0.5, 0.6) is 0 Å². The van der Waals surface area contributed by atoms with Crippen LogP contribution in [0.25, 0.3) is 0 Å². The molecule has 13 heteroatoms. The number of carboxylic acids is 2. The molecule has 0 radical (unpaired) electrons. The highest BCUT2D eigenvalue weighted by Gasteiger charge is 2.38. The van der Waals surface area contributed by atoms with Crippen molar-refractivity contribution in [2.45, 2.75) is 19.1 Å². The molecule has 0 aromatic carbocycles. The van der Waals surface area contributed by atoms with Gasteiger partial charge < -0.3 is 15.5 Å². The Morgan fingerprint density at radius 2 is 1.55 bits per heavy atom. The molecule has 0 bridgehead atoms. The first-order valence-corrected chi connectivity index (χ1v) is 6.03. The van der Waals surface area contributed by atoms with Crippen LogP contribution < -0.4 is 5.32 Å². The number of alkyl halides is 3. The van der Waals surface area contributed by atoms with Crippen LogP contribution in [0.1, 0.15) is 6.92 Å². The average molecular weight is 325 g/mol. The Labute approximate surface area is 110 Å². The number of carbonyl (C=O) groups is 3. The van der Waals surface area contributed by atoms with E-state index in [-0.39, 0.29) is 0 Å². The van der Waals surface area contributed by atoms with Gasteiger partial charge >= 0.3 is 18.1 Å². The molecule has 0 saturated heterocycles. The Morgan fingerprint density at radius 3 is 1.70 bits per heavy atom. The number of carbonyl (C=O) groups excluding carboxylic acids is 1. The van der Waals surface area contributed by atoms with Gasteiger partial charge in [-0.1, -0.05) is 0 Å². The first-order valence-electron chi connectivity index (χ1n) is 4.42. The summed E-state index contributed by atoms with van der Waals surface area (Å²) in [6.07, 6.45) is -5.08. The summed E-state index contributed by atoms with van der Waals surface area (Å²) >= 11 is 0. The van der Waals surface area contributed by atoms with Crippen LogP contribution in [0.3, 0.4) is 0 Å². The van der Waals surface area contributed by atoms with Gasteiger partial charge in [-0.3, -0.25) is 9.35 Å². The summed E-state index contributed by atoms with van der Waals surface area (Å²) in [6.45, 7) is 1.04. The maximum absolute atomic E-state index is 10.6. The van der Waals surface area contributed by atoms with Crippen molar-refractivity contribution in [2.75, 3.05) is 5.75 Å². The van der Waals surface area contributed by atoms with E-state index in [1.807, 2.05) is 5.32 Å². The van der Waals surface area contributed by atoms with Crippen molar-refractivity contribution in [2.24, 2.45) is 0 Å². The smallest absolute Gasteiger partial charge is 0.480 e. The number of amides is 1. The van der Waals surface area contributed by atoms with E-state index in [1.54, 1.807) is 0 Å². The Hall–Kier alpha value is -1.89. The van der Waals surface area contributed by atoms with Crippen LogP contribution in [0.15, 0.2) is 0 Å². The van der Waals surface area contributed by atoms with Crippen LogP contribution in [0.2, 0.25) is 0 Å². The third-order valence-corrected chi connectivity index (χ3v) is 2.05. The van der Waals surface area contributed by atoms with Crippen LogP contribution in [0, 0.1) is 0 Å². The fourth-order valence-corrected chi connectivity index (χ4v) is 1.28. The number of halogens is 3. The second kappa shape index (κ2) is 7.64. The summed E-state index contributed by atoms with van der Waals surface area (Å²) in [5, 5.41) is 17.4. The van der Waals surface area contributed by atoms with E-state index in [4.69, 9.17) is 19.6 Å². The maximum atomic E-state index is 10.6. The topological polar surface area (TPSA) is 158 Å². The molecule has 1 atom stereocenters. The van der Waals surface area contributed by atoms with E-state index in [9.17, 15) is 31.2 Å². The van der Waals surface area contributed by atoms with E-state index in [2.05, 4.69) is 0 Å². The molecule has 0 heterocycles. The van der Waals surface area contributed by atoms with E-state index >= 15 is 0 Å². The molecule has 0 aromatic heterocycles. The molecule has 0 unspecified atom stereocenters. The van der Waals surface area contributed by atoms with Gasteiger partial charge in [-0.15, -0.1) is 0 Å². The second-order valence-corrected chi connectivity index (χ2v) is 4.64. The fraction of sp³-hybridized carbons (Fsp3) is 0.571. The molecule has 1 amide bonds. The molecule has 0 rings (SSSR count). The number of rotatable bonds is 4. The van der Waals surface area contributed by atoms with Gasteiger partial charge in [0.05, 0.1) is 0 Å². The average Bonchev–Trinajstić information content (AvgIpc) is 2.12. The number of hydrogen-bond donors (Lipinski definition) is 4. The minimum absolute atomic E-state index is 0.684. The summed E-state index contributed by atoms with van der Waals surface area (Å²) in [7, 11) is -4.41. The third kappa shape index (κ3) is 12.6. The van der Waals surface area contributed by atoms with Crippen molar-refractivity contribution in [1.29, 1.82) is 0 Å². The van der Waals surface area contributed by atoms with Crippen molar-refractivity contribution in [3.05, 3.63) is 0 Å². The minimum Gasteiger partial charge on any atom is -0.480 e. The van der Waals surface area contributed by atoms with Gasteiger partial charge in [0.1, 0.15) is 11.8 Å². The van der Waals surface area contributed by atoms with E-state index in [1.165, 1.54) is 0 Å². The predicted molar refractivity (Wildman–Crippen MR) is 55.3 cm³/mol. The molecule has 0 aromatic rings. The zero-order chi connectivity index (χ0) is 16.7. The number of nitrogens with one attached hydrogen (secondary N) is 1. The summed E-state index contributed by atoms with van der Waals surface area (Å²) in [5.74, 6) is -6.00. The largest absolute Gasteiger partial charge is 0.490 e. The van der Waals surface area contributed by atoms with E-state index < -0.39 is 45.9 Å². The maximum Gasteiger partial charge on any atom is 0.490 e. The molecule has 0 saturated carbocycles. The van der Waals surface area contributed by atoms with Gasteiger partial charge in [0.25, 0.3) is 10.1 Å². The SMILES string of the molecule is CC(=O)N[C@@H](CS(=O)(=O)O)C(=O)O.O=C(O)C(F)(F)F. The van der Waals surface area contributed by atoms with Crippen LogP contribution in [-0.4, -0.2) is 59.0 Å². The van der Waals surface area contributed by atoms with Gasteiger partial charge in [0.15, 0.2) is 0 Å². The van der Waals surface area contributed by atoms with Crippen molar-refractivity contribution in [3.63, 3.8) is 0 Å². The molecule has 0 spiro atoms. The van der Waals surface area contributed by atoms with Gasteiger partial charge in [0.2, 0.25) is 5.91 Å². The minimum atomic E-state index is -5.08. The standard InChI is InChI=1S/C5H9NO6S.C2HF3O2/c1-3(7)6-4(5(8)9)2-13(10,11)12;3-2(4,5)1(6)7/h4H,2H2,1H3,(H,6,7)(H,8,9)(H,10,11,12);(H,6,7)/t4-;/m0./s1. The lowest BCUT2D eigenvalue weighted by Crippen LogP contribution is -2.44. The Morgan fingerprint density at radius 1 is 1.20 bits per heavy atom. The van der Waals surface area contributed by atoms with Crippen LogP contribution in [0.4, 0.5) is 13.2 Å². The van der Waals surface area contributed by atoms with Crippen molar-refractivity contribution in [3.8, 4) is 0 Å². The fourth-order valence-electron chi connectivity index (χ4n) is 0.631. The lowest BCUT2D eigenvalue weighted by atomic mass is 10.3. The number of carboxylic acid groups (broad SMARTS) is 2. The molecule has 0 aliphatic heterocycles. The molecule has 118 valence electrons. The number of aliphatic carboxylic acids is 2. The molecule has 9 nitrogen and oxygen atoms in total. The molecular formula is C7H10F3NO8S. The van der Waals surface area contributed by atoms with Crippen molar-refractivity contribution < 1.29 is 50.7 Å². The zero-order valence-corrected chi connectivity index (χ0v) is 10.5. The highest BCUT2D eigenvalue weighted by molar-refractivity contribution is 7.85. The summed E-state index contributed by atoms with van der Waals surface area (Å²) < 4.78 is 60.6. The molecular weight excluding hydrogens is 315 g/mol. The van der Waals surface area contributed by atoms with Gasteiger partial charge in [-0.05, 0) is 0 Å². The quantitative estimate of drug-likeness (QED) is 0.484. The lowest BCUT2D eigenvalue weighted by molar-refractivity contribution is -0.192. The van der Waals surface area contributed by atoms with Crippen molar-refractivity contribution >= 4 is 28.0 Å². The van der Waals surface area contributed by atoms with E-state index in [0.717, 1.165) is 6.92 Å². The van der Waals surface area contributed by atoms with Gasteiger partial charge in [-0.2, -0.15) is 21.6 Å². The number of hydrogen-bond acceptors (Lipinski definition) is 5. The Bertz CT molecular complexity index is 471. The first-order chi connectivity index (χ1) is 8.66. The molecule has 20 heavy (non-hydrogen) atoms. The zero-order valence-electron chi connectivity index (χ0n) is 9.71. The molecule has 4 N–H and O–H groups in total. The van der Waals surface area contributed by atoms with Gasteiger partial charge in [0, 0.05) is 6.92 Å². The summed E-state index contributed by atoms with van der Waals surface area (Å²) in [4.78, 5) is 29.6. The molecule has 0 fully saturated rings. The first kappa shape index (κ1) is 20.4. The van der Waals surface area contributed by atoms with Crippen LogP contribution >= 0.6 is 0 Å². The monoisotopic (exact) mass is 325 g/mol. The summed E-state index contributed by atoms with van der Waals surface area (Å²) in [6, 6.07) is -1.62. The summed E-state index contributed by atoms with van der Waals surface area (Å²) in [5.41, 5.74) is 0. The normalized spacial score (nSPS) is 12.7. The Balaban J connectivity index is 0. The molecule has 0 aliphatic carbocycles. The van der Waals surface area contributed by atoms with Crippen LogP contribution in [-0.2, 0) is 24.5 Å². The van der Waals surface area contributed by atoms with Crippen molar-refractivity contribution in [1.82, 2.24) is 5.32 Å². The van der Waals surface area contributed by atoms with E-state index in [0.29, 0.717) is 0 Å².